The molecule has 0 aromatic heterocycles. The van der Waals surface area contributed by atoms with Crippen LogP contribution >= 0.6 is 11.8 Å². The fraction of sp³-hybridized carbons (Fsp3) is 0.938. The van der Waals surface area contributed by atoms with Crippen molar-refractivity contribution in [3.05, 3.63) is 0 Å². The third kappa shape index (κ3) is 6.04. The molecule has 1 aliphatic carbocycles. The van der Waals surface area contributed by atoms with Gasteiger partial charge in [-0.15, -0.1) is 0 Å². The molecule has 1 fully saturated rings. The Kier molecular flexibility index (Phi) is 7.96. The molecular formula is C16H32N2OS. The lowest BCUT2D eigenvalue weighted by molar-refractivity contribution is -0.122. The molecule has 1 rings (SSSR count). The highest BCUT2D eigenvalue weighted by atomic mass is 32.2. The highest BCUT2D eigenvalue weighted by molar-refractivity contribution is 8.00. The van der Waals surface area contributed by atoms with Crippen molar-refractivity contribution in [2.24, 2.45) is 5.92 Å². The second kappa shape index (κ2) is 8.93. The summed E-state index contributed by atoms with van der Waals surface area (Å²) in [6.45, 7) is 8.07. The van der Waals surface area contributed by atoms with Crippen LogP contribution in [0.3, 0.4) is 0 Å². The average molecular weight is 301 g/mol. The maximum Gasteiger partial charge on any atom is 0.236 e. The monoisotopic (exact) mass is 300 g/mol. The molecule has 1 saturated carbocycles. The molecule has 0 aromatic carbocycles. The Bertz CT molecular complexity index is 288. The van der Waals surface area contributed by atoms with Crippen LogP contribution < -0.4 is 10.6 Å². The highest BCUT2D eigenvalue weighted by Crippen LogP contribution is 2.37. The number of rotatable bonds is 8. The second-order valence-corrected chi connectivity index (χ2v) is 7.80. The minimum atomic E-state index is -0.0897. The zero-order valence-electron chi connectivity index (χ0n) is 13.6. The van der Waals surface area contributed by atoms with Gasteiger partial charge in [0.1, 0.15) is 0 Å². The van der Waals surface area contributed by atoms with E-state index in [1.165, 1.54) is 32.1 Å². The minimum absolute atomic E-state index is 0.0897. The van der Waals surface area contributed by atoms with E-state index in [4.69, 9.17) is 0 Å². The molecule has 0 radical (unpaired) electrons. The predicted octanol–water partition coefficient (Wildman–Crippen LogP) is 3.19. The van der Waals surface area contributed by atoms with E-state index < -0.39 is 0 Å². The summed E-state index contributed by atoms with van der Waals surface area (Å²) in [6, 6.07) is -0.0897. The molecule has 0 aromatic rings. The Labute approximate surface area is 129 Å². The minimum Gasteiger partial charge on any atom is -0.355 e. The first-order valence-corrected chi connectivity index (χ1v) is 9.28. The van der Waals surface area contributed by atoms with Gasteiger partial charge in [-0.2, -0.15) is 11.8 Å². The predicted molar refractivity (Wildman–Crippen MR) is 89.3 cm³/mol. The molecule has 1 atom stereocenters. The van der Waals surface area contributed by atoms with E-state index >= 15 is 0 Å². The quantitative estimate of drug-likeness (QED) is 0.723. The lowest BCUT2D eigenvalue weighted by Gasteiger charge is -2.36. The van der Waals surface area contributed by atoms with Crippen molar-refractivity contribution in [1.82, 2.24) is 10.6 Å². The number of nitrogens with one attached hydrogen (secondary N) is 2. The van der Waals surface area contributed by atoms with E-state index in [0.29, 0.717) is 10.7 Å². The SMILES string of the molecule is CSC1(CNC(C)C(=O)NCCC(C)C)CCCCC1. The molecule has 0 saturated heterocycles. The van der Waals surface area contributed by atoms with Crippen LogP contribution in [0, 0.1) is 5.92 Å². The summed E-state index contributed by atoms with van der Waals surface area (Å²) in [7, 11) is 0. The van der Waals surface area contributed by atoms with E-state index in [0.717, 1.165) is 19.5 Å². The molecule has 0 heterocycles. The van der Waals surface area contributed by atoms with Crippen LogP contribution in [0.2, 0.25) is 0 Å². The van der Waals surface area contributed by atoms with Crippen LogP contribution in [-0.2, 0) is 4.79 Å². The van der Waals surface area contributed by atoms with Gasteiger partial charge in [-0.25, -0.2) is 0 Å². The van der Waals surface area contributed by atoms with Crippen LogP contribution in [0.5, 0.6) is 0 Å². The molecule has 4 heteroatoms. The van der Waals surface area contributed by atoms with Gasteiger partial charge in [-0.1, -0.05) is 33.1 Å². The normalized spacial score (nSPS) is 19.9. The molecule has 1 unspecified atom stereocenters. The molecule has 118 valence electrons. The van der Waals surface area contributed by atoms with Crippen LogP contribution in [-0.4, -0.2) is 36.0 Å². The number of carbonyl (C=O) groups is 1. The Morgan fingerprint density at radius 3 is 2.40 bits per heavy atom. The molecular weight excluding hydrogens is 268 g/mol. The van der Waals surface area contributed by atoms with Crippen LogP contribution in [0.4, 0.5) is 0 Å². The maximum atomic E-state index is 12.0. The lowest BCUT2D eigenvalue weighted by Crippen LogP contribution is -2.48. The van der Waals surface area contributed by atoms with E-state index in [-0.39, 0.29) is 11.9 Å². The number of amides is 1. The van der Waals surface area contributed by atoms with Crippen molar-refractivity contribution in [2.45, 2.75) is 70.1 Å². The fourth-order valence-electron chi connectivity index (χ4n) is 2.72. The van der Waals surface area contributed by atoms with Crippen LogP contribution in [0.1, 0.15) is 59.3 Å². The smallest absolute Gasteiger partial charge is 0.236 e. The average Bonchev–Trinajstić information content (AvgIpc) is 2.45. The van der Waals surface area contributed by atoms with E-state index in [1.54, 1.807) is 0 Å². The molecule has 0 spiro atoms. The van der Waals surface area contributed by atoms with Crippen molar-refractivity contribution < 1.29 is 4.79 Å². The fourth-order valence-corrected chi connectivity index (χ4v) is 3.64. The molecule has 3 nitrogen and oxygen atoms in total. The third-order valence-corrected chi connectivity index (χ3v) is 5.76. The molecule has 0 aliphatic heterocycles. The van der Waals surface area contributed by atoms with Crippen molar-refractivity contribution in [2.75, 3.05) is 19.3 Å². The summed E-state index contributed by atoms with van der Waals surface area (Å²) in [5.41, 5.74) is 0. The second-order valence-electron chi connectivity index (χ2n) is 6.52. The Morgan fingerprint density at radius 1 is 1.20 bits per heavy atom. The standard InChI is InChI=1S/C16H32N2OS/c1-13(2)8-11-17-15(19)14(3)18-12-16(20-4)9-6-5-7-10-16/h13-14,18H,5-12H2,1-4H3,(H,17,19). The summed E-state index contributed by atoms with van der Waals surface area (Å²) < 4.78 is 0.352. The Balaban J connectivity index is 2.29. The van der Waals surface area contributed by atoms with Gasteiger partial charge in [-0.05, 0) is 38.4 Å². The van der Waals surface area contributed by atoms with Crippen molar-refractivity contribution >= 4 is 17.7 Å². The van der Waals surface area contributed by atoms with Gasteiger partial charge < -0.3 is 10.6 Å². The van der Waals surface area contributed by atoms with E-state index in [9.17, 15) is 4.79 Å². The van der Waals surface area contributed by atoms with Gasteiger partial charge in [0.2, 0.25) is 5.91 Å². The van der Waals surface area contributed by atoms with E-state index in [1.807, 2.05) is 18.7 Å². The molecule has 1 amide bonds. The van der Waals surface area contributed by atoms with Gasteiger partial charge in [0.25, 0.3) is 0 Å². The van der Waals surface area contributed by atoms with Gasteiger partial charge in [-0.3, -0.25) is 4.79 Å². The van der Waals surface area contributed by atoms with Crippen LogP contribution in [0.25, 0.3) is 0 Å². The van der Waals surface area contributed by atoms with E-state index in [2.05, 4.69) is 30.7 Å². The maximum absolute atomic E-state index is 12.0. The molecule has 1 aliphatic rings. The molecule has 2 N–H and O–H groups in total. The van der Waals surface area contributed by atoms with Gasteiger partial charge in [0.15, 0.2) is 0 Å². The highest BCUT2D eigenvalue weighted by Gasteiger charge is 2.31. The number of hydrogen-bond donors (Lipinski definition) is 2. The Morgan fingerprint density at radius 2 is 1.85 bits per heavy atom. The van der Waals surface area contributed by atoms with Crippen molar-refractivity contribution in [3.63, 3.8) is 0 Å². The van der Waals surface area contributed by atoms with Crippen molar-refractivity contribution in [1.29, 1.82) is 0 Å². The largest absolute Gasteiger partial charge is 0.355 e. The van der Waals surface area contributed by atoms with Gasteiger partial charge in [0.05, 0.1) is 6.04 Å². The first-order chi connectivity index (χ1) is 9.49. The summed E-state index contributed by atoms with van der Waals surface area (Å²) >= 11 is 1.97. The topological polar surface area (TPSA) is 41.1 Å². The third-order valence-electron chi connectivity index (χ3n) is 4.34. The number of thioether (sulfide) groups is 1. The molecule has 20 heavy (non-hydrogen) atoms. The zero-order valence-corrected chi connectivity index (χ0v) is 14.4. The summed E-state index contributed by atoms with van der Waals surface area (Å²) in [4.78, 5) is 12.0. The summed E-state index contributed by atoms with van der Waals surface area (Å²) in [5.74, 6) is 0.776. The van der Waals surface area contributed by atoms with Crippen LogP contribution in [0.15, 0.2) is 0 Å². The summed E-state index contributed by atoms with van der Waals surface area (Å²) in [5, 5.41) is 6.47. The number of carbonyl (C=O) groups excluding carboxylic acids is 1. The first-order valence-electron chi connectivity index (χ1n) is 8.05. The molecule has 0 bridgehead atoms. The number of hydrogen-bond acceptors (Lipinski definition) is 3. The van der Waals surface area contributed by atoms with Crippen molar-refractivity contribution in [3.8, 4) is 0 Å². The Hall–Kier alpha value is -0.220. The first kappa shape index (κ1) is 17.8. The summed E-state index contributed by atoms with van der Waals surface area (Å²) in [6.07, 6.45) is 9.85. The van der Waals surface area contributed by atoms with Gasteiger partial charge >= 0.3 is 0 Å². The zero-order chi connectivity index (χ0) is 15.0. The lowest BCUT2D eigenvalue weighted by atomic mass is 9.88. The van der Waals surface area contributed by atoms with Gasteiger partial charge in [0, 0.05) is 17.8 Å².